The minimum absolute atomic E-state index is 0.0557. The molecule has 1 aliphatic heterocycles. The molecule has 5 nitrogen and oxygen atoms in total. The number of hydrogen-bond donors (Lipinski definition) is 0. The minimum Gasteiger partial charge on any atom is -0.449 e. The first-order valence-corrected chi connectivity index (χ1v) is 5.66. The van der Waals surface area contributed by atoms with E-state index in [1.165, 1.54) is 12.0 Å². The number of Topliss-reactive ketones (excluding diaryl/α,β-unsaturated/α-hetero) is 1. The van der Waals surface area contributed by atoms with E-state index in [4.69, 9.17) is 9.47 Å². The Morgan fingerprint density at radius 2 is 2.31 bits per heavy atom. The maximum Gasteiger partial charge on any atom is 0.409 e. The van der Waals surface area contributed by atoms with Gasteiger partial charge in [0.2, 0.25) is 0 Å². The van der Waals surface area contributed by atoms with Crippen LogP contribution in [0.25, 0.3) is 0 Å². The van der Waals surface area contributed by atoms with Crippen LogP contribution in [0, 0.1) is 0 Å². The number of amides is 1. The summed E-state index contributed by atoms with van der Waals surface area (Å²) < 4.78 is 10.1. The molecule has 1 amide bonds. The molecule has 0 N–H and O–H groups in total. The Morgan fingerprint density at radius 3 is 2.94 bits per heavy atom. The highest BCUT2D eigenvalue weighted by atomic mass is 16.6. The lowest BCUT2D eigenvalue weighted by molar-refractivity contribution is -0.132. The largest absolute Gasteiger partial charge is 0.449 e. The molecule has 16 heavy (non-hydrogen) atoms. The molecular weight excluding hydrogens is 210 g/mol. The van der Waals surface area contributed by atoms with Crippen molar-refractivity contribution in [1.29, 1.82) is 0 Å². The van der Waals surface area contributed by atoms with Crippen molar-refractivity contribution < 1.29 is 19.1 Å². The molecule has 1 saturated heterocycles. The summed E-state index contributed by atoms with van der Waals surface area (Å²) >= 11 is 0. The van der Waals surface area contributed by atoms with Crippen molar-refractivity contribution in [2.24, 2.45) is 0 Å². The number of methoxy groups -OCH3 is 1. The van der Waals surface area contributed by atoms with E-state index < -0.39 is 6.10 Å². The normalized spacial score (nSPS) is 21.0. The first kappa shape index (κ1) is 13.0. The summed E-state index contributed by atoms with van der Waals surface area (Å²) in [6.07, 6.45) is 1.37. The maximum atomic E-state index is 11.6. The number of carbonyl (C=O) groups is 2. The molecule has 0 saturated carbocycles. The Bertz CT molecular complexity index is 254. The van der Waals surface area contributed by atoms with Crippen LogP contribution in [0.2, 0.25) is 0 Å². The predicted octanol–water partition coefficient (Wildman–Crippen LogP) is 1.21. The number of piperidine rings is 1. The van der Waals surface area contributed by atoms with E-state index in [0.717, 1.165) is 12.8 Å². The van der Waals surface area contributed by atoms with E-state index in [1.54, 1.807) is 0 Å². The first-order chi connectivity index (χ1) is 7.69. The summed E-state index contributed by atoms with van der Waals surface area (Å²) in [4.78, 5) is 24.5. The van der Waals surface area contributed by atoms with Gasteiger partial charge < -0.3 is 14.4 Å². The number of likely N-dealkylation sites (tertiary alicyclic amines) is 1. The van der Waals surface area contributed by atoms with Crippen LogP contribution >= 0.6 is 0 Å². The third-order valence-electron chi connectivity index (χ3n) is 2.64. The fourth-order valence-corrected chi connectivity index (χ4v) is 1.57. The van der Waals surface area contributed by atoms with Gasteiger partial charge in [-0.2, -0.15) is 0 Å². The van der Waals surface area contributed by atoms with Crippen LogP contribution in [0.15, 0.2) is 0 Å². The zero-order valence-corrected chi connectivity index (χ0v) is 9.90. The molecule has 0 aliphatic carbocycles. The van der Waals surface area contributed by atoms with Gasteiger partial charge in [-0.15, -0.1) is 0 Å². The summed E-state index contributed by atoms with van der Waals surface area (Å²) in [5, 5.41) is 0. The molecule has 0 spiro atoms. The number of ketones is 1. The van der Waals surface area contributed by atoms with Gasteiger partial charge in [0, 0.05) is 20.1 Å². The van der Waals surface area contributed by atoms with E-state index in [9.17, 15) is 9.59 Å². The first-order valence-electron chi connectivity index (χ1n) is 5.66. The maximum absolute atomic E-state index is 11.6. The third-order valence-corrected chi connectivity index (χ3v) is 2.64. The second-order valence-electron chi connectivity index (χ2n) is 3.85. The topological polar surface area (TPSA) is 55.8 Å². The van der Waals surface area contributed by atoms with Gasteiger partial charge in [0.1, 0.15) is 6.10 Å². The quantitative estimate of drug-likeness (QED) is 0.680. The number of unbranched alkanes of at least 4 members (excludes halogenated alkanes) is 1. The van der Waals surface area contributed by atoms with Gasteiger partial charge in [-0.25, -0.2) is 4.79 Å². The zero-order chi connectivity index (χ0) is 12.0. The fraction of sp³-hybridized carbons (Fsp3) is 0.818. The molecule has 5 heteroatoms. The lowest BCUT2D eigenvalue weighted by Gasteiger charge is -2.30. The molecule has 1 fully saturated rings. The molecule has 1 atom stereocenters. The highest BCUT2D eigenvalue weighted by Gasteiger charge is 2.30. The second-order valence-corrected chi connectivity index (χ2v) is 3.85. The average Bonchev–Trinajstić information content (AvgIpc) is 2.30. The van der Waals surface area contributed by atoms with Gasteiger partial charge in [0.25, 0.3) is 0 Å². The van der Waals surface area contributed by atoms with Crippen molar-refractivity contribution in [3.63, 3.8) is 0 Å². The SMILES string of the molecule is CCCCOC(=O)N1CCC(=O)C(OC)C1. The molecule has 0 aromatic carbocycles. The van der Waals surface area contributed by atoms with Gasteiger partial charge in [-0.05, 0) is 6.42 Å². The Labute approximate surface area is 95.7 Å². The van der Waals surface area contributed by atoms with Crippen molar-refractivity contribution in [2.45, 2.75) is 32.3 Å². The highest BCUT2D eigenvalue weighted by molar-refractivity contribution is 5.85. The molecule has 1 heterocycles. The van der Waals surface area contributed by atoms with Gasteiger partial charge in [0.15, 0.2) is 5.78 Å². The van der Waals surface area contributed by atoms with Crippen LogP contribution in [0.4, 0.5) is 4.79 Å². The molecule has 0 bridgehead atoms. The molecule has 0 aromatic rings. The van der Waals surface area contributed by atoms with Crippen molar-refractivity contribution in [1.82, 2.24) is 4.90 Å². The highest BCUT2D eigenvalue weighted by Crippen LogP contribution is 2.10. The van der Waals surface area contributed by atoms with Crippen LogP contribution in [-0.2, 0) is 14.3 Å². The molecule has 1 rings (SSSR count). The molecule has 1 aliphatic rings. The molecule has 1 unspecified atom stereocenters. The number of carbonyl (C=O) groups excluding carboxylic acids is 2. The summed E-state index contributed by atoms with van der Waals surface area (Å²) in [5.41, 5.74) is 0. The van der Waals surface area contributed by atoms with Crippen LogP contribution in [0.3, 0.4) is 0 Å². The van der Waals surface area contributed by atoms with Crippen LogP contribution in [0.5, 0.6) is 0 Å². The Balaban J connectivity index is 2.36. The van der Waals surface area contributed by atoms with Crippen LogP contribution in [-0.4, -0.2) is 49.7 Å². The van der Waals surface area contributed by atoms with Gasteiger partial charge in [-0.1, -0.05) is 13.3 Å². The van der Waals surface area contributed by atoms with Gasteiger partial charge in [0.05, 0.1) is 13.2 Å². The van der Waals surface area contributed by atoms with Crippen LogP contribution in [0.1, 0.15) is 26.2 Å². The fourth-order valence-electron chi connectivity index (χ4n) is 1.57. The van der Waals surface area contributed by atoms with Crippen LogP contribution < -0.4 is 0 Å². The number of ether oxygens (including phenoxy) is 2. The van der Waals surface area contributed by atoms with Gasteiger partial charge >= 0.3 is 6.09 Å². The van der Waals surface area contributed by atoms with Crippen molar-refractivity contribution in [3.8, 4) is 0 Å². The lowest BCUT2D eigenvalue weighted by Crippen LogP contribution is -2.48. The molecular formula is C11H19NO4. The monoisotopic (exact) mass is 229 g/mol. The summed E-state index contributed by atoms with van der Waals surface area (Å²) in [6, 6.07) is 0. The molecule has 0 radical (unpaired) electrons. The van der Waals surface area contributed by atoms with E-state index in [-0.39, 0.29) is 11.9 Å². The van der Waals surface area contributed by atoms with Crippen molar-refractivity contribution in [3.05, 3.63) is 0 Å². The summed E-state index contributed by atoms with van der Waals surface area (Å²) in [7, 11) is 1.48. The summed E-state index contributed by atoms with van der Waals surface area (Å²) in [5.74, 6) is 0.0557. The zero-order valence-electron chi connectivity index (χ0n) is 9.90. The van der Waals surface area contributed by atoms with E-state index >= 15 is 0 Å². The summed E-state index contributed by atoms with van der Waals surface area (Å²) in [6.45, 7) is 3.22. The average molecular weight is 229 g/mol. The number of nitrogens with zero attached hydrogens (tertiary/aromatic N) is 1. The number of rotatable bonds is 4. The number of hydrogen-bond acceptors (Lipinski definition) is 4. The minimum atomic E-state index is -0.493. The van der Waals surface area contributed by atoms with E-state index in [1.807, 2.05) is 6.92 Å². The molecule has 92 valence electrons. The molecule has 0 aromatic heterocycles. The smallest absolute Gasteiger partial charge is 0.409 e. The third kappa shape index (κ3) is 3.48. The Morgan fingerprint density at radius 1 is 1.56 bits per heavy atom. The van der Waals surface area contributed by atoms with Gasteiger partial charge in [-0.3, -0.25) is 4.79 Å². The Kier molecular flexibility index (Phi) is 5.25. The lowest BCUT2D eigenvalue weighted by atomic mass is 10.1. The van der Waals surface area contributed by atoms with Crippen molar-refractivity contribution >= 4 is 11.9 Å². The Hall–Kier alpha value is -1.10. The van der Waals surface area contributed by atoms with Crippen molar-refractivity contribution in [2.75, 3.05) is 26.8 Å². The van der Waals surface area contributed by atoms with E-state index in [2.05, 4.69) is 0 Å². The van der Waals surface area contributed by atoms with E-state index in [0.29, 0.717) is 26.1 Å². The second kappa shape index (κ2) is 6.48. The predicted molar refractivity (Wildman–Crippen MR) is 58.3 cm³/mol. The standard InChI is InChI=1S/C11H19NO4/c1-3-4-7-16-11(14)12-6-5-9(13)10(8-12)15-2/h10H,3-8H2,1-2H3.